The van der Waals surface area contributed by atoms with Crippen LogP contribution >= 0.6 is 0 Å². The van der Waals surface area contributed by atoms with E-state index in [0.717, 1.165) is 24.8 Å². The SMILES string of the molecule is Cc1cc(F)cc(-c2noc(CCC(C)CCN)n2)c1. The van der Waals surface area contributed by atoms with Gasteiger partial charge in [0.25, 0.3) is 0 Å². The van der Waals surface area contributed by atoms with Crippen LogP contribution in [-0.2, 0) is 6.42 Å². The van der Waals surface area contributed by atoms with Gasteiger partial charge in [0, 0.05) is 12.0 Å². The van der Waals surface area contributed by atoms with Gasteiger partial charge in [0.05, 0.1) is 0 Å². The second-order valence-electron chi connectivity index (χ2n) is 5.25. The molecule has 0 bridgehead atoms. The van der Waals surface area contributed by atoms with Crippen molar-refractivity contribution in [2.45, 2.75) is 33.1 Å². The van der Waals surface area contributed by atoms with Gasteiger partial charge < -0.3 is 10.3 Å². The Balaban J connectivity index is 2.05. The van der Waals surface area contributed by atoms with Gasteiger partial charge in [-0.1, -0.05) is 12.1 Å². The fourth-order valence-electron chi connectivity index (χ4n) is 2.14. The first-order chi connectivity index (χ1) is 9.58. The number of aryl methyl sites for hydroxylation is 2. The zero-order chi connectivity index (χ0) is 14.5. The Labute approximate surface area is 118 Å². The number of hydrogen-bond donors (Lipinski definition) is 1. The third-order valence-corrected chi connectivity index (χ3v) is 3.28. The van der Waals surface area contributed by atoms with Gasteiger partial charge in [-0.25, -0.2) is 4.39 Å². The maximum atomic E-state index is 13.4. The molecule has 108 valence electrons. The molecule has 0 spiro atoms. The topological polar surface area (TPSA) is 64.9 Å². The van der Waals surface area contributed by atoms with Gasteiger partial charge in [0.1, 0.15) is 5.82 Å². The molecule has 1 atom stereocenters. The first-order valence-electron chi connectivity index (χ1n) is 6.88. The van der Waals surface area contributed by atoms with E-state index in [4.69, 9.17) is 10.3 Å². The number of halogens is 1. The summed E-state index contributed by atoms with van der Waals surface area (Å²) in [5.41, 5.74) is 7.00. The molecule has 4 nitrogen and oxygen atoms in total. The third kappa shape index (κ3) is 3.87. The summed E-state index contributed by atoms with van der Waals surface area (Å²) in [6.45, 7) is 4.68. The van der Waals surface area contributed by atoms with Crippen LogP contribution in [0.25, 0.3) is 11.4 Å². The minimum Gasteiger partial charge on any atom is -0.339 e. The van der Waals surface area contributed by atoms with Gasteiger partial charge in [-0.2, -0.15) is 4.98 Å². The van der Waals surface area contributed by atoms with Gasteiger partial charge in [-0.3, -0.25) is 0 Å². The van der Waals surface area contributed by atoms with Gasteiger partial charge >= 0.3 is 0 Å². The van der Waals surface area contributed by atoms with Crippen LogP contribution in [0.15, 0.2) is 22.7 Å². The predicted octanol–water partition coefficient (Wildman–Crippen LogP) is 3.10. The van der Waals surface area contributed by atoms with Crippen LogP contribution in [0, 0.1) is 18.7 Å². The Morgan fingerprint density at radius 2 is 2.10 bits per heavy atom. The Hall–Kier alpha value is -1.75. The first-order valence-corrected chi connectivity index (χ1v) is 6.88. The molecule has 0 saturated heterocycles. The molecule has 1 heterocycles. The Morgan fingerprint density at radius 3 is 2.80 bits per heavy atom. The van der Waals surface area contributed by atoms with Gasteiger partial charge in [-0.15, -0.1) is 0 Å². The highest BCUT2D eigenvalue weighted by atomic mass is 19.1. The number of aromatic nitrogens is 2. The summed E-state index contributed by atoms with van der Waals surface area (Å²) in [4.78, 5) is 4.32. The molecule has 5 heteroatoms. The van der Waals surface area contributed by atoms with Gasteiger partial charge in [-0.05, 0) is 56.0 Å². The maximum Gasteiger partial charge on any atom is 0.226 e. The molecular formula is C15H20FN3O. The molecule has 0 aliphatic heterocycles. The van der Waals surface area contributed by atoms with Crippen molar-refractivity contribution in [3.05, 3.63) is 35.5 Å². The van der Waals surface area contributed by atoms with Crippen molar-refractivity contribution in [1.29, 1.82) is 0 Å². The summed E-state index contributed by atoms with van der Waals surface area (Å²) in [7, 11) is 0. The van der Waals surface area contributed by atoms with Crippen LogP contribution in [-0.4, -0.2) is 16.7 Å². The number of nitrogens with two attached hydrogens (primary N) is 1. The molecule has 0 saturated carbocycles. The zero-order valence-electron chi connectivity index (χ0n) is 11.9. The second kappa shape index (κ2) is 6.61. The molecule has 1 aromatic carbocycles. The smallest absolute Gasteiger partial charge is 0.226 e. The molecule has 0 aliphatic rings. The van der Waals surface area contributed by atoms with E-state index in [0.29, 0.717) is 29.7 Å². The third-order valence-electron chi connectivity index (χ3n) is 3.28. The van der Waals surface area contributed by atoms with Crippen molar-refractivity contribution < 1.29 is 8.91 Å². The van der Waals surface area contributed by atoms with Crippen LogP contribution in [0.2, 0.25) is 0 Å². The van der Waals surface area contributed by atoms with Crippen LogP contribution in [0.5, 0.6) is 0 Å². The van der Waals surface area contributed by atoms with Crippen LogP contribution < -0.4 is 5.73 Å². The number of benzene rings is 1. The molecule has 0 fully saturated rings. The van der Waals surface area contributed by atoms with Gasteiger partial charge in [0.2, 0.25) is 11.7 Å². The second-order valence-corrected chi connectivity index (χ2v) is 5.25. The van der Waals surface area contributed by atoms with Crippen LogP contribution in [0.3, 0.4) is 0 Å². The Morgan fingerprint density at radius 1 is 1.30 bits per heavy atom. The Bertz CT molecular complexity index is 548. The van der Waals surface area contributed by atoms with E-state index in [1.807, 2.05) is 13.0 Å². The maximum absolute atomic E-state index is 13.4. The lowest BCUT2D eigenvalue weighted by Gasteiger charge is -2.06. The molecule has 0 radical (unpaired) electrons. The molecule has 0 aliphatic carbocycles. The lowest BCUT2D eigenvalue weighted by molar-refractivity contribution is 0.362. The fraction of sp³-hybridized carbons (Fsp3) is 0.467. The highest BCUT2D eigenvalue weighted by Gasteiger charge is 2.11. The quantitative estimate of drug-likeness (QED) is 0.881. The van der Waals surface area contributed by atoms with Crippen molar-refractivity contribution in [3.63, 3.8) is 0 Å². The number of rotatable bonds is 6. The summed E-state index contributed by atoms with van der Waals surface area (Å²) in [6, 6.07) is 4.73. The predicted molar refractivity (Wildman–Crippen MR) is 75.6 cm³/mol. The fourth-order valence-corrected chi connectivity index (χ4v) is 2.14. The highest BCUT2D eigenvalue weighted by Crippen LogP contribution is 2.20. The first kappa shape index (κ1) is 14.7. The molecule has 2 rings (SSSR count). The van der Waals surface area contributed by atoms with E-state index < -0.39 is 0 Å². The number of hydrogen-bond acceptors (Lipinski definition) is 4. The van der Waals surface area contributed by atoms with E-state index in [1.54, 1.807) is 0 Å². The zero-order valence-corrected chi connectivity index (χ0v) is 11.9. The van der Waals surface area contributed by atoms with Crippen molar-refractivity contribution in [1.82, 2.24) is 10.1 Å². The summed E-state index contributed by atoms with van der Waals surface area (Å²) in [5, 5.41) is 3.92. The van der Waals surface area contributed by atoms with Crippen molar-refractivity contribution in [3.8, 4) is 11.4 Å². The van der Waals surface area contributed by atoms with Crippen LogP contribution in [0.4, 0.5) is 4.39 Å². The molecule has 20 heavy (non-hydrogen) atoms. The molecule has 2 aromatic rings. The summed E-state index contributed by atoms with van der Waals surface area (Å²) >= 11 is 0. The largest absolute Gasteiger partial charge is 0.339 e. The van der Waals surface area contributed by atoms with E-state index in [9.17, 15) is 4.39 Å². The number of nitrogens with zero attached hydrogens (tertiary/aromatic N) is 2. The summed E-state index contributed by atoms with van der Waals surface area (Å²) in [6.07, 6.45) is 2.67. The van der Waals surface area contributed by atoms with Crippen molar-refractivity contribution >= 4 is 0 Å². The Kier molecular flexibility index (Phi) is 4.84. The normalized spacial score (nSPS) is 12.6. The minimum absolute atomic E-state index is 0.289. The molecule has 2 N–H and O–H groups in total. The monoisotopic (exact) mass is 277 g/mol. The van der Waals surface area contributed by atoms with E-state index in [1.165, 1.54) is 12.1 Å². The summed E-state index contributed by atoms with van der Waals surface area (Å²) in [5.74, 6) is 1.27. The average molecular weight is 277 g/mol. The standard InChI is InChI=1S/C15H20FN3O/c1-10(5-6-17)3-4-14-18-15(19-20-14)12-7-11(2)8-13(16)9-12/h7-10H,3-6,17H2,1-2H3. The van der Waals surface area contributed by atoms with E-state index in [2.05, 4.69) is 17.1 Å². The van der Waals surface area contributed by atoms with Crippen molar-refractivity contribution in [2.24, 2.45) is 11.7 Å². The molecular weight excluding hydrogens is 257 g/mol. The van der Waals surface area contributed by atoms with Crippen LogP contribution in [0.1, 0.15) is 31.2 Å². The molecule has 1 aromatic heterocycles. The van der Waals surface area contributed by atoms with E-state index >= 15 is 0 Å². The minimum atomic E-state index is -0.289. The van der Waals surface area contributed by atoms with E-state index in [-0.39, 0.29) is 5.82 Å². The molecule has 1 unspecified atom stereocenters. The average Bonchev–Trinajstić information content (AvgIpc) is 2.84. The lowest BCUT2D eigenvalue weighted by Crippen LogP contribution is -2.06. The molecule has 0 amide bonds. The summed E-state index contributed by atoms with van der Waals surface area (Å²) < 4.78 is 18.6. The van der Waals surface area contributed by atoms with Crippen molar-refractivity contribution in [2.75, 3.05) is 6.54 Å². The highest BCUT2D eigenvalue weighted by molar-refractivity contribution is 5.55. The van der Waals surface area contributed by atoms with Gasteiger partial charge in [0.15, 0.2) is 0 Å². The lowest BCUT2D eigenvalue weighted by atomic mass is 10.0.